The zero-order chi connectivity index (χ0) is 17.7. The molecule has 0 amide bonds. The van der Waals surface area contributed by atoms with Gasteiger partial charge in [-0.05, 0) is 23.0 Å². The maximum atomic E-state index is 6.70. The van der Waals surface area contributed by atoms with E-state index in [1.54, 1.807) is 0 Å². The van der Waals surface area contributed by atoms with E-state index in [4.69, 9.17) is 13.9 Å². The second kappa shape index (κ2) is 8.61. The van der Waals surface area contributed by atoms with E-state index >= 15 is 0 Å². The van der Waals surface area contributed by atoms with Crippen LogP contribution in [0.5, 0.6) is 0 Å². The molecule has 0 unspecified atom stereocenters. The standard InChI is InChI=1S/C20H34O3Si/c1-15(2)24(16(3)4,17(5)6)22-14-19-12-13-21-20(23-19)18-10-8-7-9-11-18/h7-11,15-17,19-20H,12-14H2,1-6H3/t19-,20-/m0/s1. The van der Waals surface area contributed by atoms with Crippen molar-refractivity contribution in [3.8, 4) is 0 Å². The van der Waals surface area contributed by atoms with E-state index in [-0.39, 0.29) is 12.4 Å². The van der Waals surface area contributed by atoms with Gasteiger partial charge in [0.15, 0.2) is 14.6 Å². The van der Waals surface area contributed by atoms with Gasteiger partial charge in [-0.1, -0.05) is 71.9 Å². The Balaban J connectivity index is 2.02. The van der Waals surface area contributed by atoms with Crippen LogP contribution in [-0.4, -0.2) is 27.6 Å². The van der Waals surface area contributed by atoms with E-state index in [1.807, 2.05) is 18.2 Å². The molecular weight excluding hydrogens is 316 g/mol. The van der Waals surface area contributed by atoms with Crippen LogP contribution in [-0.2, 0) is 13.9 Å². The fourth-order valence-corrected chi connectivity index (χ4v) is 9.71. The summed E-state index contributed by atoms with van der Waals surface area (Å²) in [6, 6.07) is 10.2. The van der Waals surface area contributed by atoms with Crippen LogP contribution in [0, 0.1) is 0 Å². The van der Waals surface area contributed by atoms with Gasteiger partial charge < -0.3 is 13.9 Å². The highest BCUT2D eigenvalue weighted by atomic mass is 28.4. The van der Waals surface area contributed by atoms with Crippen LogP contribution in [0.15, 0.2) is 30.3 Å². The minimum absolute atomic E-state index is 0.118. The van der Waals surface area contributed by atoms with Crippen molar-refractivity contribution in [2.45, 2.75) is 77.0 Å². The molecule has 1 aromatic carbocycles. The van der Waals surface area contributed by atoms with Crippen LogP contribution in [0.3, 0.4) is 0 Å². The first-order valence-electron chi connectivity index (χ1n) is 9.33. The highest BCUT2D eigenvalue weighted by Gasteiger charge is 2.45. The molecule has 0 aromatic heterocycles. The Hall–Kier alpha value is -0.683. The van der Waals surface area contributed by atoms with Crippen molar-refractivity contribution in [3.63, 3.8) is 0 Å². The summed E-state index contributed by atoms with van der Waals surface area (Å²) in [7, 11) is -1.83. The van der Waals surface area contributed by atoms with E-state index < -0.39 is 8.32 Å². The van der Waals surface area contributed by atoms with Crippen LogP contribution < -0.4 is 0 Å². The normalized spacial score (nSPS) is 22.5. The summed E-state index contributed by atoms with van der Waals surface area (Å²) in [5.41, 5.74) is 2.88. The number of rotatable bonds is 7. The highest BCUT2D eigenvalue weighted by molar-refractivity contribution is 6.77. The van der Waals surface area contributed by atoms with Gasteiger partial charge in [0.05, 0.1) is 19.3 Å². The van der Waals surface area contributed by atoms with Gasteiger partial charge in [0, 0.05) is 5.56 Å². The van der Waals surface area contributed by atoms with Crippen LogP contribution in [0.1, 0.15) is 59.8 Å². The van der Waals surface area contributed by atoms with E-state index in [9.17, 15) is 0 Å². The Kier molecular flexibility index (Phi) is 7.05. The maximum Gasteiger partial charge on any atom is 0.200 e. The first-order chi connectivity index (χ1) is 11.4. The molecule has 1 aromatic rings. The van der Waals surface area contributed by atoms with Crippen molar-refractivity contribution in [1.82, 2.24) is 0 Å². The topological polar surface area (TPSA) is 27.7 Å². The van der Waals surface area contributed by atoms with Crippen molar-refractivity contribution >= 4 is 8.32 Å². The lowest BCUT2D eigenvalue weighted by Crippen LogP contribution is -2.49. The average Bonchev–Trinajstić information content (AvgIpc) is 2.55. The van der Waals surface area contributed by atoms with Crippen LogP contribution in [0.25, 0.3) is 0 Å². The Morgan fingerprint density at radius 3 is 2.12 bits per heavy atom. The minimum atomic E-state index is -1.83. The average molecular weight is 351 g/mol. The molecular formula is C20H34O3Si. The van der Waals surface area contributed by atoms with E-state index in [2.05, 4.69) is 53.7 Å². The quantitative estimate of drug-likeness (QED) is 0.592. The van der Waals surface area contributed by atoms with Crippen molar-refractivity contribution in [3.05, 3.63) is 35.9 Å². The summed E-state index contributed by atoms with van der Waals surface area (Å²) in [5, 5.41) is 0. The van der Waals surface area contributed by atoms with Crippen LogP contribution in [0.4, 0.5) is 0 Å². The summed E-state index contributed by atoms with van der Waals surface area (Å²) in [6.45, 7) is 15.4. The Labute approximate surface area is 148 Å². The smallest absolute Gasteiger partial charge is 0.200 e. The lowest BCUT2D eigenvalue weighted by Gasteiger charge is -2.43. The van der Waals surface area contributed by atoms with E-state index in [1.165, 1.54) is 0 Å². The summed E-state index contributed by atoms with van der Waals surface area (Å²) in [5.74, 6) is 0. The van der Waals surface area contributed by atoms with Crippen molar-refractivity contribution in [2.75, 3.05) is 13.2 Å². The largest absolute Gasteiger partial charge is 0.413 e. The molecule has 3 nitrogen and oxygen atoms in total. The van der Waals surface area contributed by atoms with Gasteiger partial charge in [0.2, 0.25) is 0 Å². The van der Waals surface area contributed by atoms with Gasteiger partial charge in [0.1, 0.15) is 0 Å². The first-order valence-corrected chi connectivity index (χ1v) is 11.5. The third kappa shape index (κ3) is 4.28. The second-order valence-electron chi connectivity index (χ2n) is 7.79. The Bertz CT molecular complexity index is 465. The molecule has 136 valence electrons. The SMILES string of the molecule is CC(C)[Si](OC[C@@H]1CCO[C@H](c2ccccc2)O1)(C(C)C)C(C)C. The maximum absolute atomic E-state index is 6.70. The zero-order valence-corrected chi connectivity index (χ0v) is 17.1. The lowest BCUT2D eigenvalue weighted by atomic mass is 10.2. The third-order valence-corrected chi connectivity index (χ3v) is 11.4. The van der Waals surface area contributed by atoms with Crippen LogP contribution in [0.2, 0.25) is 16.6 Å². The molecule has 0 aliphatic carbocycles. The number of hydrogen-bond acceptors (Lipinski definition) is 3. The van der Waals surface area contributed by atoms with Crippen molar-refractivity contribution in [1.29, 1.82) is 0 Å². The van der Waals surface area contributed by atoms with Gasteiger partial charge in [-0.25, -0.2) is 0 Å². The van der Waals surface area contributed by atoms with Gasteiger partial charge in [-0.2, -0.15) is 0 Å². The van der Waals surface area contributed by atoms with Gasteiger partial charge >= 0.3 is 0 Å². The molecule has 4 heteroatoms. The molecule has 1 heterocycles. The summed E-state index contributed by atoms with van der Waals surface area (Å²) >= 11 is 0. The van der Waals surface area contributed by atoms with Gasteiger partial charge in [0.25, 0.3) is 0 Å². The van der Waals surface area contributed by atoms with Crippen molar-refractivity contribution < 1.29 is 13.9 Å². The monoisotopic (exact) mass is 350 g/mol. The number of ether oxygens (including phenoxy) is 2. The summed E-state index contributed by atoms with van der Waals surface area (Å²) in [4.78, 5) is 0. The number of hydrogen-bond donors (Lipinski definition) is 0. The molecule has 0 bridgehead atoms. The summed E-state index contributed by atoms with van der Waals surface area (Å²) < 4.78 is 18.7. The molecule has 0 N–H and O–H groups in total. The molecule has 1 fully saturated rings. The molecule has 0 spiro atoms. The molecule has 2 rings (SSSR count). The van der Waals surface area contributed by atoms with Gasteiger partial charge in [-0.15, -0.1) is 0 Å². The predicted molar refractivity (Wildman–Crippen MR) is 102 cm³/mol. The fraction of sp³-hybridized carbons (Fsp3) is 0.700. The fourth-order valence-electron chi connectivity index (χ4n) is 4.23. The van der Waals surface area contributed by atoms with E-state index in [0.717, 1.165) is 18.6 Å². The predicted octanol–water partition coefficient (Wildman–Crippen LogP) is 5.68. The summed E-state index contributed by atoms with van der Waals surface area (Å²) in [6.07, 6.45) is 0.760. The third-order valence-electron chi connectivity index (χ3n) is 5.32. The molecule has 1 aliphatic rings. The Morgan fingerprint density at radius 1 is 1.00 bits per heavy atom. The highest BCUT2D eigenvalue weighted by Crippen LogP contribution is 2.42. The van der Waals surface area contributed by atoms with Gasteiger partial charge in [-0.3, -0.25) is 0 Å². The molecule has 1 saturated heterocycles. The molecule has 0 radical (unpaired) electrons. The van der Waals surface area contributed by atoms with Crippen molar-refractivity contribution in [2.24, 2.45) is 0 Å². The lowest BCUT2D eigenvalue weighted by molar-refractivity contribution is -0.223. The molecule has 24 heavy (non-hydrogen) atoms. The molecule has 2 atom stereocenters. The molecule has 0 saturated carbocycles. The van der Waals surface area contributed by atoms with Crippen LogP contribution >= 0.6 is 0 Å². The zero-order valence-electron chi connectivity index (χ0n) is 16.1. The van der Waals surface area contributed by atoms with E-state index in [0.29, 0.717) is 23.2 Å². The Morgan fingerprint density at radius 2 is 1.58 bits per heavy atom. The number of benzene rings is 1. The first kappa shape index (κ1) is 19.6. The minimum Gasteiger partial charge on any atom is -0.413 e. The second-order valence-corrected chi connectivity index (χ2v) is 13.2. The molecule has 1 aliphatic heterocycles.